The summed E-state index contributed by atoms with van der Waals surface area (Å²) in [5.74, 6) is -0.359. The lowest BCUT2D eigenvalue weighted by Crippen LogP contribution is -2.25. The van der Waals surface area contributed by atoms with Crippen molar-refractivity contribution in [1.82, 2.24) is 15.3 Å². The van der Waals surface area contributed by atoms with Gasteiger partial charge in [-0.3, -0.25) is 9.63 Å². The first kappa shape index (κ1) is 9.37. The lowest BCUT2D eigenvalue weighted by atomic mass is 10.6. The number of carbonyl (C=O) groups is 1. The van der Waals surface area contributed by atoms with E-state index in [-0.39, 0.29) is 15.4 Å². The van der Waals surface area contributed by atoms with E-state index in [1.165, 1.54) is 14.2 Å². The lowest BCUT2D eigenvalue weighted by Gasteiger charge is -2.10. The predicted molar refractivity (Wildman–Crippen MR) is 44.0 cm³/mol. The van der Waals surface area contributed by atoms with Crippen molar-refractivity contribution in [1.29, 1.82) is 0 Å². The molecule has 5 nitrogen and oxygen atoms in total. The monoisotopic (exact) mass is 207 g/mol. The summed E-state index contributed by atoms with van der Waals surface area (Å²) in [6.45, 7) is 0. The summed E-state index contributed by atoms with van der Waals surface area (Å²) in [6, 6.07) is 0. The van der Waals surface area contributed by atoms with Gasteiger partial charge < -0.3 is 0 Å². The van der Waals surface area contributed by atoms with Crippen LogP contribution in [0.2, 0.25) is 4.47 Å². The third-order valence-electron chi connectivity index (χ3n) is 1.14. The van der Waals surface area contributed by atoms with Gasteiger partial charge in [0.25, 0.3) is 0 Å². The highest BCUT2D eigenvalue weighted by atomic mass is 35.5. The summed E-state index contributed by atoms with van der Waals surface area (Å²) < 4.78 is 0.239. The molecule has 0 bridgehead atoms. The molecule has 1 aromatic rings. The molecule has 0 saturated heterocycles. The Labute approximate surface area is 77.9 Å². The molecule has 0 aliphatic heterocycles. The maximum absolute atomic E-state index is 11.2. The van der Waals surface area contributed by atoms with E-state index in [0.717, 1.165) is 16.4 Å². The second-order valence-corrected chi connectivity index (χ2v) is 3.41. The van der Waals surface area contributed by atoms with Crippen LogP contribution in [0.4, 0.5) is 0 Å². The molecule has 1 heterocycles. The smallest absolute Gasteiger partial charge is 0.274 e. The zero-order valence-electron chi connectivity index (χ0n) is 6.44. The molecule has 0 radical (unpaired) electrons. The van der Waals surface area contributed by atoms with Crippen LogP contribution in [-0.4, -0.2) is 35.3 Å². The standard InChI is InChI=1S/C5H6ClN3O2S/c1-9(11-2)4(10)3-7-8-5(6)12-3/h1-2H3. The van der Waals surface area contributed by atoms with Gasteiger partial charge in [-0.1, -0.05) is 11.3 Å². The minimum atomic E-state index is -0.359. The van der Waals surface area contributed by atoms with E-state index in [9.17, 15) is 4.79 Å². The molecular weight excluding hydrogens is 202 g/mol. The summed E-state index contributed by atoms with van der Waals surface area (Å²) in [5, 5.41) is 8.30. The summed E-state index contributed by atoms with van der Waals surface area (Å²) >= 11 is 6.50. The largest absolute Gasteiger partial charge is 0.308 e. The van der Waals surface area contributed by atoms with Gasteiger partial charge in [0.2, 0.25) is 9.47 Å². The second-order valence-electron chi connectivity index (χ2n) is 1.85. The van der Waals surface area contributed by atoms with Crippen LogP contribution >= 0.6 is 22.9 Å². The molecule has 1 rings (SSSR count). The van der Waals surface area contributed by atoms with Crippen LogP contribution in [0.1, 0.15) is 9.80 Å². The number of hydrogen-bond donors (Lipinski definition) is 0. The normalized spacial score (nSPS) is 9.92. The van der Waals surface area contributed by atoms with Crippen molar-refractivity contribution in [3.8, 4) is 0 Å². The average molecular weight is 208 g/mol. The molecule has 0 spiro atoms. The number of amides is 1. The quantitative estimate of drug-likeness (QED) is 0.674. The van der Waals surface area contributed by atoms with Crippen molar-refractivity contribution in [2.24, 2.45) is 0 Å². The number of hydroxylamine groups is 2. The maximum Gasteiger partial charge on any atom is 0.308 e. The van der Waals surface area contributed by atoms with E-state index < -0.39 is 0 Å². The van der Waals surface area contributed by atoms with E-state index in [2.05, 4.69) is 15.0 Å². The minimum Gasteiger partial charge on any atom is -0.274 e. The van der Waals surface area contributed by atoms with Crippen LogP contribution in [0, 0.1) is 0 Å². The Morgan fingerprint density at radius 2 is 2.33 bits per heavy atom. The molecular formula is C5H6ClN3O2S. The van der Waals surface area contributed by atoms with Gasteiger partial charge in [-0.2, -0.15) is 0 Å². The van der Waals surface area contributed by atoms with Crippen molar-refractivity contribution < 1.29 is 9.63 Å². The topological polar surface area (TPSA) is 55.3 Å². The fourth-order valence-corrected chi connectivity index (χ4v) is 1.31. The van der Waals surface area contributed by atoms with Crippen molar-refractivity contribution >= 4 is 28.8 Å². The Hall–Kier alpha value is -0.720. The number of rotatable bonds is 2. The molecule has 0 fully saturated rings. The van der Waals surface area contributed by atoms with Gasteiger partial charge in [-0.05, 0) is 11.6 Å². The van der Waals surface area contributed by atoms with Gasteiger partial charge in [0.1, 0.15) is 0 Å². The predicted octanol–water partition coefficient (Wildman–Crippen LogP) is 0.825. The highest BCUT2D eigenvalue weighted by Crippen LogP contribution is 2.15. The Kier molecular flexibility index (Phi) is 2.96. The van der Waals surface area contributed by atoms with Crippen LogP contribution in [0.25, 0.3) is 0 Å². The molecule has 1 amide bonds. The van der Waals surface area contributed by atoms with Gasteiger partial charge >= 0.3 is 5.91 Å². The second kappa shape index (κ2) is 3.79. The van der Waals surface area contributed by atoms with Crippen LogP contribution in [0.15, 0.2) is 0 Å². The Balaban J connectivity index is 2.78. The van der Waals surface area contributed by atoms with Crippen molar-refractivity contribution in [2.75, 3.05) is 14.2 Å². The van der Waals surface area contributed by atoms with E-state index in [1.54, 1.807) is 0 Å². The van der Waals surface area contributed by atoms with E-state index in [1.807, 2.05) is 0 Å². The third kappa shape index (κ3) is 1.90. The molecule has 0 N–H and O–H groups in total. The molecule has 7 heteroatoms. The van der Waals surface area contributed by atoms with Crippen molar-refractivity contribution in [3.05, 3.63) is 9.47 Å². The maximum atomic E-state index is 11.2. The van der Waals surface area contributed by atoms with Gasteiger partial charge in [0.05, 0.1) is 7.11 Å². The lowest BCUT2D eigenvalue weighted by molar-refractivity contribution is -0.0757. The molecule has 0 unspecified atom stereocenters. The molecule has 0 aliphatic rings. The van der Waals surface area contributed by atoms with E-state index in [4.69, 9.17) is 11.6 Å². The first-order chi connectivity index (χ1) is 5.65. The summed E-state index contributed by atoms with van der Waals surface area (Å²) in [7, 11) is 2.87. The fraction of sp³-hybridized carbons (Fsp3) is 0.400. The highest BCUT2D eigenvalue weighted by molar-refractivity contribution is 7.17. The number of halogens is 1. The van der Waals surface area contributed by atoms with Gasteiger partial charge in [-0.15, -0.1) is 10.2 Å². The number of carbonyl (C=O) groups excluding carboxylic acids is 1. The summed E-state index contributed by atoms with van der Waals surface area (Å²) in [5.41, 5.74) is 0. The van der Waals surface area contributed by atoms with Gasteiger partial charge in [0.15, 0.2) is 0 Å². The number of hydrogen-bond acceptors (Lipinski definition) is 5. The van der Waals surface area contributed by atoms with Crippen LogP contribution < -0.4 is 0 Å². The Morgan fingerprint density at radius 3 is 2.75 bits per heavy atom. The van der Waals surface area contributed by atoms with Gasteiger partial charge in [0, 0.05) is 7.05 Å². The van der Waals surface area contributed by atoms with Crippen LogP contribution in [0.3, 0.4) is 0 Å². The minimum absolute atomic E-state index is 0.212. The molecule has 0 atom stereocenters. The Morgan fingerprint density at radius 1 is 1.67 bits per heavy atom. The fourth-order valence-electron chi connectivity index (χ4n) is 0.509. The molecule has 0 saturated carbocycles. The SMILES string of the molecule is CON(C)C(=O)c1nnc(Cl)s1. The third-order valence-corrected chi connectivity index (χ3v) is 2.15. The number of nitrogens with zero attached hydrogens (tertiary/aromatic N) is 3. The molecule has 66 valence electrons. The Bertz CT molecular complexity index is 290. The molecule has 0 aliphatic carbocycles. The van der Waals surface area contributed by atoms with Crippen molar-refractivity contribution in [2.45, 2.75) is 0 Å². The zero-order valence-corrected chi connectivity index (χ0v) is 8.02. The van der Waals surface area contributed by atoms with E-state index in [0.29, 0.717) is 0 Å². The van der Waals surface area contributed by atoms with Crippen LogP contribution in [-0.2, 0) is 4.84 Å². The highest BCUT2D eigenvalue weighted by Gasteiger charge is 2.16. The summed E-state index contributed by atoms with van der Waals surface area (Å²) in [6.07, 6.45) is 0. The molecule has 1 aromatic heterocycles. The zero-order chi connectivity index (χ0) is 9.14. The average Bonchev–Trinajstić information content (AvgIpc) is 2.49. The molecule has 0 aromatic carbocycles. The first-order valence-electron chi connectivity index (χ1n) is 2.96. The van der Waals surface area contributed by atoms with Crippen molar-refractivity contribution in [3.63, 3.8) is 0 Å². The molecule has 12 heavy (non-hydrogen) atoms. The summed E-state index contributed by atoms with van der Waals surface area (Å²) in [4.78, 5) is 15.9. The van der Waals surface area contributed by atoms with E-state index >= 15 is 0 Å². The number of aromatic nitrogens is 2. The first-order valence-corrected chi connectivity index (χ1v) is 4.15. The van der Waals surface area contributed by atoms with Gasteiger partial charge in [-0.25, -0.2) is 5.06 Å². The van der Waals surface area contributed by atoms with Crippen LogP contribution in [0.5, 0.6) is 0 Å².